The summed E-state index contributed by atoms with van der Waals surface area (Å²) < 4.78 is 5.71. The molecule has 148 valence electrons. The summed E-state index contributed by atoms with van der Waals surface area (Å²) in [5, 5.41) is 2.91. The first-order valence-electron chi connectivity index (χ1n) is 9.47. The maximum atomic E-state index is 12.0. The first-order valence-corrected chi connectivity index (χ1v) is 10.5. The number of carbonyl (C=O) groups is 1. The van der Waals surface area contributed by atoms with Crippen LogP contribution >= 0.6 is 11.8 Å². The molecule has 4 nitrogen and oxygen atoms in total. The summed E-state index contributed by atoms with van der Waals surface area (Å²) >= 11 is 1.73. The van der Waals surface area contributed by atoms with Crippen molar-refractivity contribution < 1.29 is 9.53 Å². The van der Waals surface area contributed by atoms with Crippen LogP contribution in [-0.4, -0.2) is 23.2 Å². The standard InChI is InChI=1S/C24H24N2O2S/c1-19-5-12-23(13-6-19)29-17-16-26-24(27)14-9-20-7-10-22(11-8-20)28-18-21-4-2-3-15-25-21/h2-15H,16-18H2,1H3,(H,26,27)/b14-9+. The van der Waals surface area contributed by atoms with E-state index >= 15 is 0 Å². The van der Waals surface area contributed by atoms with Crippen molar-refractivity contribution in [2.24, 2.45) is 0 Å². The van der Waals surface area contributed by atoms with E-state index in [0.717, 1.165) is 22.8 Å². The van der Waals surface area contributed by atoms with Crippen LogP contribution in [0.4, 0.5) is 0 Å². The fourth-order valence-electron chi connectivity index (χ4n) is 2.52. The molecule has 0 aliphatic rings. The van der Waals surface area contributed by atoms with Crippen molar-refractivity contribution in [3.8, 4) is 5.75 Å². The molecule has 0 atom stereocenters. The molecule has 1 aromatic heterocycles. The van der Waals surface area contributed by atoms with E-state index in [9.17, 15) is 4.79 Å². The molecule has 0 saturated carbocycles. The van der Waals surface area contributed by atoms with Crippen molar-refractivity contribution in [2.75, 3.05) is 12.3 Å². The second-order valence-electron chi connectivity index (χ2n) is 6.46. The van der Waals surface area contributed by atoms with E-state index in [0.29, 0.717) is 13.2 Å². The number of hydrogen-bond acceptors (Lipinski definition) is 4. The first kappa shape index (κ1) is 20.7. The number of thioether (sulfide) groups is 1. The molecule has 0 bridgehead atoms. The summed E-state index contributed by atoms with van der Waals surface area (Å²) in [5.74, 6) is 1.51. The van der Waals surface area contributed by atoms with Gasteiger partial charge in [0.25, 0.3) is 0 Å². The third kappa shape index (κ3) is 7.47. The van der Waals surface area contributed by atoms with Gasteiger partial charge in [-0.3, -0.25) is 9.78 Å². The van der Waals surface area contributed by atoms with Gasteiger partial charge in [-0.25, -0.2) is 0 Å². The molecule has 0 spiro atoms. The largest absolute Gasteiger partial charge is 0.487 e. The fraction of sp³-hybridized carbons (Fsp3) is 0.167. The van der Waals surface area contributed by atoms with Crippen molar-refractivity contribution in [1.29, 1.82) is 0 Å². The Bertz CT molecular complexity index is 923. The molecule has 3 rings (SSSR count). The Balaban J connectivity index is 1.37. The van der Waals surface area contributed by atoms with Crippen molar-refractivity contribution in [3.63, 3.8) is 0 Å². The molecule has 5 heteroatoms. The third-order valence-electron chi connectivity index (χ3n) is 4.11. The smallest absolute Gasteiger partial charge is 0.244 e. The maximum Gasteiger partial charge on any atom is 0.244 e. The highest BCUT2D eigenvalue weighted by Crippen LogP contribution is 2.17. The van der Waals surface area contributed by atoms with Gasteiger partial charge in [0.1, 0.15) is 12.4 Å². The highest BCUT2D eigenvalue weighted by molar-refractivity contribution is 7.99. The average Bonchev–Trinajstić information content (AvgIpc) is 2.76. The highest BCUT2D eigenvalue weighted by atomic mass is 32.2. The Morgan fingerprint density at radius 3 is 2.59 bits per heavy atom. The van der Waals surface area contributed by atoms with Gasteiger partial charge in [-0.05, 0) is 55.0 Å². The Labute approximate surface area is 176 Å². The number of nitrogens with one attached hydrogen (secondary N) is 1. The number of hydrogen-bond donors (Lipinski definition) is 1. The van der Waals surface area contributed by atoms with Gasteiger partial charge >= 0.3 is 0 Å². The van der Waals surface area contributed by atoms with Crippen molar-refractivity contribution >= 4 is 23.7 Å². The molecule has 0 aliphatic carbocycles. The van der Waals surface area contributed by atoms with Crippen LogP contribution in [0.5, 0.6) is 5.75 Å². The predicted molar refractivity (Wildman–Crippen MR) is 119 cm³/mol. The fourth-order valence-corrected chi connectivity index (χ4v) is 3.29. The minimum atomic E-state index is -0.0926. The molecule has 1 amide bonds. The van der Waals surface area contributed by atoms with Crippen LogP contribution in [0.3, 0.4) is 0 Å². The van der Waals surface area contributed by atoms with Crippen LogP contribution in [0.1, 0.15) is 16.8 Å². The number of amides is 1. The molecular formula is C24H24N2O2S. The monoisotopic (exact) mass is 404 g/mol. The van der Waals surface area contributed by atoms with Crippen LogP contribution < -0.4 is 10.1 Å². The van der Waals surface area contributed by atoms with Crippen molar-refractivity contribution in [2.45, 2.75) is 18.4 Å². The lowest BCUT2D eigenvalue weighted by Gasteiger charge is -2.06. The maximum absolute atomic E-state index is 12.0. The molecule has 2 aromatic carbocycles. The summed E-state index contributed by atoms with van der Waals surface area (Å²) in [4.78, 5) is 17.4. The second kappa shape index (κ2) is 11.1. The molecule has 3 aromatic rings. The lowest BCUT2D eigenvalue weighted by Crippen LogP contribution is -2.23. The van der Waals surface area contributed by atoms with Crippen LogP contribution in [0, 0.1) is 6.92 Å². The number of ether oxygens (including phenoxy) is 1. The Hall–Kier alpha value is -3.05. The van der Waals surface area contributed by atoms with Gasteiger partial charge in [-0.1, -0.05) is 35.9 Å². The quantitative estimate of drug-likeness (QED) is 0.313. The number of aryl methyl sites for hydroxylation is 1. The second-order valence-corrected chi connectivity index (χ2v) is 7.63. The van der Waals surface area contributed by atoms with E-state index in [2.05, 4.69) is 41.5 Å². The zero-order valence-corrected chi connectivity index (χ0v) is 17.2. The molecule has 29 heavy (non-hydrogen) atoms. The molecule has 1 heterocycles. The first-order chi connectivity index (χ1) is 14.2. The Kier molecular flexibility index (Phi) is 7.90. The lowest BCUT2D eigenvalue weighted by atomic mass is 10.2. The van der Waals surface area contributed by atoms with Crippen LogP contribution in [0.25, 0.3) is 6.08 Å². The van der Waals surface area contributed by atoms with E-state index < -0.39 is 0 Å². The van der Waals surface area contributed by atoms with E-state index in [1.165, 1.54) is 10.5 Å². The predicted octanol–water partition coefficient (Wildman–Crippen LogP) is 4.89. The van der Waals surface area contributed by atoms with E-state index in [1.807, 2.05) is 42.5 Å². The summed E-state index contributed by atoms with van der Waals surface area (Å²) in [5.41, 5.74) is 3.08. The number of benzene rings is 2. The van der Waals surface area contributed by atoms with E-state index in [1.54, 1.807) is 30.1 Å². The minimum absolute atomic E-state index is 0.0926. The number of rotatable bonds is 9. The normalized spacial score (nSPS) is 10.8. The average molecular weight is 405 g/mol. The number of nitrogens with zero attached hydrogens (tertiary/aromatic N) is 1. The third-order valence-corrected chi connectivity index (χ3v) is 5.12. The van der Waals surface area contributed by atoms with Crippen molar-refractivity contribution in [1.82, 2.24) is 10.3 Å². The van der Waals surface area contributed by atoms with E-state index in [4.69, 9.17) is 4.74 Å². The zero-order valence-electron chi connectivity index (χ0n) is 16.4. The number of aromatic nitrogens is 1. The van der Waals surface area contributed by atoms with Crippen LogP contribution in [0.15, 0.2) is 83.9 Å². The van der Waals surface area contributed by atoms with Gasteiger partial charge in [0, 0.05) is 29.5 Å². The summed E-state index contributed by atoms with van der Waals surface area (Å²) in [6.07, 6.45) is 5.10. The van der Waals surface area contributed by atoms with Gasteiger partial charge < -0.3 is 10.1 Å². The summed E-state index contributed by atoms with van der Waals surface area (Å²) in [6.45, 7) is 3.13. The van der Waals surface area contributed by atoms with Gasteiger partial charge in [0.15, 0.2) is 0 Å². The van der Waals surface area contributed by atoms with Gasteiger partial charge in [0.2, 0.25) is 5.91 Å². The molecule has 0 fully saturated rings. The molecule has 0 saturated heterocycles. The van der Waals surface area contributed by atoms with Gasteiger partial charge in [-0.15, -0.1) is 11.8 Å². The van der Waals surface area contributed by atoms with Crippen molar-refractivity contribution in [3.05, 3.63) is 95.8 Å². The number of carbonyl (C=O) groups excluding carboxylic acids is 1. The zero-order chi connectivity index (χ0) is 20.3. The summed E-state index contributed by atoms with van der Waals surface area (Å²) in [6, 6.07) is 21.8. The highest BCUT2D eigenvalue weighted by Gasteiger charge is 1.99. The van der Waals surface area contributed by atoms with E-state index in [-0.39, 0.29) is 5.91 Å². The Morgan fingerprint density at radius 1 is 1.07 bits per heavy atom. The lowest BCUT2D eigenvalue weighted by molar-refractivity contribution is -0.116. The van der Waals surface area contributed by atoms with Gasteiger partial charge in [0.05, 0.1) is 5.69 Å². The van der Waals surface area contributed by atoms with Crippen LogP contribution in [-0.2, 0) is 11.4 Å². The van der Waals surface area contributed by atoms with Crippen LogP contribution in [0.2, 0.25) is 0 Å². The minimum Gasteiger partial charge on any atom is -0.487 e. The SMILES string of the molecule is Cc1ccc(SCCNC(=O)/C=C/c2ccc(OCc3ccccn3)cc2)cc1. The summed E-state index contributed by atoms with van der Waals surface area (Å²) in [7, 11) is 0. The molecule has 0 aliphatic heterocycles. The topological polar surface area (TPSA) is 51.2 Å². The van der Waals surface area contributed by atoms with Gasteiger partial charge in [-0.2, -0.15) is 0 Å². The number of pyridine rings is 1. The molecule has 0 radical (unpaired) electrons. The Morgan fingerprint density at radius 2 is 1.86 bits per heavy atom. The molecule has 1 N–H and O–H groups in total. The molecular weight excluding hydrogens is 380 g/mol. The molecule has 0 unspecified atom stereocenters.